The highest BCUT2D eigenvalue weighted by Gasteiger charge is 2.32. The van der Waals surface area contributed by atoms with Gasteiger partial charge in [0, 0.05) is 37.3 Å². The van der Waals surface area contributed by atoms with E-state index in [2.05, 4.69) is 26.3 Å². The number of nitrogen functional groups attached to an aromatic ring is 1. The van der Waals surface area contributed by atoms with Gasteiger partial charge in [0.1, 0.15) is 29.9 Å². The first kappa shape index (κ1) is 39.7. The van der Waals surface area contributed by atoms with Gasteiger partial charge in [0.25, 0.3) is 5.91 Å². The largest absolute Gasteiger partial charge is 0.484 e. The fourth-order valence-electron chi connectivity index (χ4n) is 6.50. The van der Waals surface area contributed by atoms with E-state index in [4.69, 9.17) is 10.5 Å². The van der Waals surface area contributed by atoms with Crippen molar-refractivity contribution in [2.75, 3.05) is 12.3 Å². The monoisotopic (exact) mass is 768 g/mol. The molecule has 0 saturated heterocycles. The number of fused-ring (bicyclic) bond motifs is 16. The second kappa shape index (κ2) is 19.0. The molecule has 292 valence electrons. The molecule has 4 atom stereocenters. The molecule has 0 spiro atoms. The lowest BCUT2D eigenvalue weighted by Crippen LogP contribution is -2.59. The van der Waals surface area contributed by atoms with Crippen molar-refractivity contribution in [2.45, 2.75) is 56.3 Å². The number of ether oxygens (including phenoxy) is 1. The number of hydrogen-bond donors (Lipinski definition) is 6. The van der Waals surface area contributed by atoms with Gasteiger partial charge in [-0.3, -0.25) is 24.2 Å². The molecule has 57 heavy (non-hydrogen) atoms. The third kappa shape index (κ3) is 11.5. The number of carbonyl (C=O) groups is 5. The third-order valence-electron chi connectivity index (χ3n) is 9.66. The molecule has 2 aliphatic rings. The van der Waals surface area contributed by atoms with Crippen molar-refractivity contribution in [2.24, 2.45) is 0 Å². The van der Waals surface area contributed by atoms with Crippen LogP contribution in [-0.4, -0.2) is 70.5 Å². The molecule has 2 bridgehead atoms. The van der Waals surface area contributed by atoms with Gasteiger partial charge in [-0.1, -0.05) is 78.9 Å². The molecule has 4 aromatic carbocycles. The van der Waals surface area contributed by atoms with Crippen molar-refractivity contribution < 1.29 is 33.8 Å². The molecule has 13 heteroatoms. The average Bonchev–Trinajstić information content (AvgIpc) is 3.22. The zero-order valence-electron chi connectivity index (χ0n) is 31.1. The van der Waals surface area contributed by atoms with Gasteiger partial charge in [-0.15, -0.1) is 0 Å². The van der Waals surface area contributed by atoms with Gasteiger partial charge >= 0.3 is 5.97 Å². The maximum atomic E-state index is 14.4. The minimum absolute atomic E-state index is 0.0252. The topological polar surface area (TPSA) is 202 Å². The zero-order valence-corrected chi connectivity index (χ0v) is 31.1. The lowest BCUT2D eigenvalue weighted by molar-refractivity contribution is -0.142. The van der Waals surface area contributed by atoms with E-state index in [1.165, 1.54) is 0 Å². The Labute approximate surface area is 330 Å². The number of aromatic nitrogens is 1. The van der Waals surface area contributed by atoms with E-state index in [-0.39, 0.29) is 25.7 Å². The summed E-state index contributed by atoms with van der Waals surface area (Å²) in [6, 6.07) is 29.4. The van der Waals surface area contributed by atoms with Crippen LogP contribution >= 0.6 is 0 Å². The molecule has 5 aromatic rings. The van der Waals surface area contributed by atoms with Crippen LogP contribution in [0.1, 0.15) is 28.7 Å². The average molecular weight is 769 g/mol. The summed E-state index contributed by atoms with van der Waals surface area (Å²) in [5.74, 6) is -3.49. The Kier molecular flexibility index (Phi) is 13.2. The minimum Gasteiger partial charge on any atom is -0.484 e. The van der Waals surface area contributed by atoms with E-state index in [0.29, 0.717) is 34.5 Å². The van der Waals surface area contributed by atoms with Crippen LogP contribution in [-0.2, 0) is 49.7 Å². The van der Waals surface area contributed by atoms with E-state index in [0.717, 1.165) is 16.7 Å². The number of nitrogens with zero attached hydrogens (tertiary/aromatic N) is 1. The molecular formula is C44H44N6O7. The number of carboxylic acid groups (broad SMARTS) is 1. The first-order chi connectivity index (χ1) is 27.6. The molecule has 1 aromatic heterocycles. The maximum Gasteiger partial charge on any atom is 0.326 e. The molecule has 0 saturated carbocycles. The lowest BCUT2D eigenvalue weighted by atomic mass is 9.98. The van der Waals surface area contributed by atoms with Gasteiger partial charge in [-0.05, 0) is 82.6 Å². The van der Waals surface area contributed by atoms with Crippen LogP contribution in [0.3, 0.4) is 0 Å². The number of anilines is 1. The summed E-state index contributed by atoms with van der Waals surface area (Å²) in [7, 11) is 0. The van der Waals surface area contributed by atoms with Crippen molar-refractivity contribution in [3.05, 3.63) is 150 Å². The second-order valence-electron chi connectivity index (χ2n) is 13.9. The first-order valence-corrected chi connectivity index (χ1v) is 18.6. The fraction of sp³-hybridized carbons (Fsp3) is 0.227. The summed E-state index contributed by atoms with van der Waals surface area (Å²) in [4.78, 5) is 72.2. The predicted molar refractivity (Wildman–Crippen MR) is 214 cm³/mol. The number of benzene rings is 4. The first-order valence-electron chi connectivity index (χ1n) is 18.6. The van der Waals surface area contributed by atoms with Gasteiger partial charge < -0.3 is 36.8 Å². The molecule has 4 amide bonds. The molecule has 0 radical (unpaired) electrons. The van der Waals surface area contributed by atoms with Crippen LogP contribution in [0.2, 0.25) is 0 Å². The molecule has 2 aliphatic heterocycles. The van der Waals surface area contributed by atoms with Crippen molar-refractivity contribution in [3.8, 4) is 16.9 Å². The number of aliphatic carboxylic acids is 1. The van der Waals surface area contributed by atoms with Crippen LogP contribution in [0.15, 0.2) is 128 Å². The molecule has 7 N–H and O–H groups in total. The van der Waals surface area contributed by atoms with Gasteiger partial charge in [-0.25, -0.2) is 4.79 Å². The highest BCUT2D eigenvalue weighted by Crippen LogP contribution is 2.22. The molecule has 7 rings (SSSR count). The normalized spacial score (nSPS) is 19.4. The van der Waals surface area contributed by atoms with Crippen molar-refractivity contribution in [1.29, 1.82) is 0 Å². The van der Waals surface area contributed by atoms with Gasteiger partial charge in [0.15, 0.2) is 6.61 Å². The number of pyridine rings is 1. The van der Waals surface area contributed by atoms with E-state index in [1.54, 1.807) is 60.9 Å². The van der Waals surface area contributed by atoms with Gasteiger partial charge in [0.2, 0.25) is 17.7 Å². The van der Waals surface area contributed by atoms with E-state index >= 15 is 0 Å². The van der Waals surface area contributed by atoms with Crippen LogP contribution in [0, 0.1) is 0 Å². The number of rotatable bonds is 9. The Bertz CT molecular complexity index is 2150. The van der Waals surface area contributed by atoms with Crippen LogP contribution in [0.25, 0.3) is 11.1 Å². The molecule has 0 unspecified atom stereocenters. The van der Waals surface area contributed by atoms with Gasteiger partial charge in [0.05, 0.1) is 0 Å². The maximum absolute atomic E-state index is 14.4. The lowest BCUT2D eigenvalue weighted by Gasteiger charge is -2.26. The Morgan fingerprint density at radius 3 is 1.84 bits per heavy atom. The Balaban J connectivity index is 1.33. The number of nitrogens with one attached hydrogen (secondary N) is 4. The number of nitrogens with two attached hydrogens (primary N) is 1. The summed E-state index contributed by atoms with van der Waals surface area (Å²) >= 11 is 0. The smallest absolute Gasteiger partial charge is 0.326 e. The standard InChI is InChI=1S/C44H44N6O7/c45-34-15-13-33(14-16-34)32-11-6-29(7-12-32)24-38-43(54)48-36(19-10-28-4-2-1-3-5-28)41(52)50-39(44(55)56)26-30-8-17-35(18-9-30)57-27-40(51)47-37(42(53)49-38)25-31-20-22-46-23-21-31/h1-9,11-18,20-23,36-39H,10,19,24-27,45H2,(H,47,51)(H,48,54)(H,49,53)(H,50,52)(H,55,56)/t36-,37-,38+,39-/m0/s1. The van der Waals surface area contributed by atoms with Crippen molar-refractivity contribution >= 4 is 35.3 Å². The number of hydrogen-bond acceptors (Lipinski definition) is 8. The minimum atomic E-state index is -1.32. The predicted octanol–water partition coefficient (Wildman–Crippen LogP) is 3.41. The highest BCUT2D eigenvalue weighted by atomic mass is 16.5. The Hall–Kier alpha value is -7.02. The summed E-state index contributed by atoms with van der Waals surface area (Å²) in [5, 5.41) is 21.2. The van der Waals surface area contributed by atoms with Crippen LogP contribution in [0.5, 0.6) is 5.75 Å². The van der Waals surface area contributed by atoms with Gasteiger partial charge in [-0.2, -0.15) is 0 Å². The number of carbonyl (C=O) groups excluding carboxylic acids is 4. The Morgan fingerprint density at radius 1 is 0.649 bits per heavy atom. The van der Waals surface area contributed by atoms with Crippen LogP contribution < -0.4 is 31.7 Å². The molecule has 3 heterocycles. The SMILES string of the molecule is Nc1ccc(-c2ccc(C[C@H]3NC(=O)[C@H](Cc4ccncc4)NC(=O)COc4ccc(cc4)C[C@@H](C(=O)O)NC(=O)[C@H](CCc4ccccc4)NC3=O)cc2)cc1. The molecule has 13 nitrogen and oxygen atoms in total. The molecular weight excluding hydrogens is 725 g/mol. The zero-order chi connectivity index (χ0) is 40.1. The van der Waals surface area contributed by atoms with E-state index in [9.17, 15) is 29.1 Å². The molecule has 0 fully saturated rings. The van der Waals surface area contributed by atoms with Crippen molar-refractivity contribution in [1.82, 2.24) is 26.3 Å². The third-order valence-corrected chi connectivity index (χ3v) is 9.66. The summed E-state index contributed by atoms with van der Waals surface area (Å²) in [6.45, 7) is -0.416. The fourth-order valence-corrected chi connectivity index (χ4v) is 6.50. The van der Waals surface area contributed by atoms with E-state index in [1.807, 2.05) is 66.7 Å². The highest BCUT2D eigenvalue weighted by molar-refractivity contribution is 5.95. The number of amides is 4. The quantitative estimate of drug-likeness (QED) is 0.0961. The summed E-state index contributed by atoms with van der Waals surface area (Å²) in [5.41, 5.74) is 11.3. The number of aryl methyl sites for hydroxylation is 1. The Morgan fingerprint density at radius 2 is 1.21 bits per heavy atom. The second-order valence-corrected chi connectivity index (χ2v) is 13.9. The van der Waals surface area contributed by atoms with Crippen molar-refractivity contribution in [3.63, 3.8) is 0 Å². The number of carboxylic acids is 1. The van der Waals surface area contributed by atoms with Crippen LogP contribution in [0.4, 0.5) is 5.69 Å². The summed E-state index contributed by atoms with van der Waals surface area (Å²) < 4.78 is 5.69. The molecule has 0 aliphatic carbocycles. The van der Waals surface area contributed by atoms with E-state index < -0.39 is 60.4 Å². The summed E-state index contributed by atoms with van der Waals surface area (Å²) in [6.07, 6.45) is 3.73.